The van der Waals surface area contributed by atoms with Crippen LogP contribution in [0.5, 0.6) is 5.75 Å². The average Bonchev–Trinajstić information content (AvgIpc) is 3.27. The Morgan fingerprint density at radius 1 is 0.806 bits per heavy atom. The molecule has 0 radical (unpaired) electrons. The van der Waals surface area contributed by atoms with Gasteiger partial charge in [0.05, 0.1) is 12.3 Å². The molecule has 0 spiro atoms. The van der Waals surface area contributed by atoms with E-state index < -0.39 is 0 Å². The third-order valence-electron chi connectivity index (χ3n) is 6.07. The molecule has 31 heavy (non-hydrogen) atoms. The zero-order valence-electron chi connectivity index (χ0n) is 17.9. The summed E-state index contributed by atoms with van der Waals surface area (Å²) in [5, 5.41) is 0. The molecule has 2 aromatic heterocycles. The Balaban J connectivity index is 1.26. The summed E-state index contributed by atoms with van der Waals surface area (Å²) in [5.41, 5.74) is 5.44. The molecular weight excluding hydrogens is 382 g/mol. The summed E-state index contributed by atoms with van der Waals surface area (Å²) < 4.78 is 8.06. The molecular formula is C27H29N3O. The first-order valence-corrected chi connectivity index (χ1v) is 11.4. The van der Waals surface area contributed by atoms with Gasteiger partial charge in [0.1, 0.15) is 11.4 Å². The predicted octanol–water partition coefficient (Wildman–Crippen LogP) is 5.92. The molecule has 0 amide bonds. The third-order valence-corrected chi connectivity index (χ3v) is 6.07. The van der Waals surface area contributed by atoms with Crippen LogP contribution in [0.15, 0.2) is 79.1 Å². The highest BCUT2D eigenvalue weighted by molar-refractivity contribution is 5.82. The number of ether oxygens (including phenoxy) is 1. The molecule has 1 aliphatic rings. The second kappa shape index (κ2) is 9.36. The number of rotatable bonds is 7. The van der Waals surface area contributed by atoms with E-state index in [1.807, 2.05) is 24.4 Å². The number of pyridine rings is 1. The highest BCUT2D eigenvalue weighted by Crippen LogP contribution is 2.32. The fourth-order valence-electron chi connectivity index (χ4n) is 4.41. The number of benzene rings is 2. The van der Waals surface area contributed by atoms with Gasteiger partial charge >= 0.3 is 0 Å². The Hall–Kier alpha value is -3.11. The fraction of sp³-hybridized carbons (Fsp3) is 0.296. The maximum Gasteiger partial charge on any atom is 0.137 e. The molecule has 0 atom stereocenters. The van der Waals surface area contributed by atoms with Crippen LogP contribution in [-0.4, -0.2) is 40.5 Å². The molecule has 0 aliphatic carbocycles. The highest BCUT2D eigenvalue weighted by Gasteiger charge is 2.11. The third kappa shape index (κ3) is 4.64. The second-order valence-corrected chi connectivity index (χ2v) is 8.27. The van der Waals surface area contributed by atoms with E-state index in [-0.39, 0.29) is 0 Å². The molecule has 4 nitrogen and oxygen atoms in total. The van der Waals surface area contributed by atoms with Crippen molar-refractivity contribution in [2.45, 2.75) is 25.7 Å². The largest absolute Gasteiger partial charge is 0.494 e. The minimum Gasteiger partial charge on any atom is -0.494 e. The van der Waals surface area contributed by atoms with Gasteiger partial charge in [-0.05, 0) is 67.7 Å². The highest BCUT2D eigenvalue weighted by atomic mass is 16.5. The first-order valence-electron chi connectivity index (χ1n) is 11.4. The standard InChI is InChI=1S/C27H29N3O/c1-5-16-29(17-6-1)18-8-20-31-23-14-12-22(13-15-23)24-9-2-3-10-25(24)26-21-30-19-7-4-11-27(30)28-26/h2-4,7,9-15,19,21H,1,5-6,8,16-18,20H2. The van der Waals surface area contributed by atoms with Gasteiger partial charge in [-0.15, -0.1) is 0 Å². The molecule has 0 N–H and O–H groups in total. The first kappa shape index (κ1) is 19.8. The lowest BCUT2D eigenvalue weighted by atomic mass is 9.98. The second-order valence-electron chi connectivity index (χ2n) is 8.27. The lowest BCUT2D eigenvalue weighted by molar-refractivity contribution is 0.205. The van der Waals surface area contributed by atoms with Crippen LogP contribution in [0.2, 0.25) is 0 Å². The van der Waals surface area contributed by atoms with Gasteiger partial charge < -0.3 is 14.0 Å². The summed E-state index contributed by atoms with van der Waals surface area (Å²) >= 11 is 0. The number of likely N-dealkylation sites (tertiary alicyclic amines) is 1. The maximum absolute atomic E-state index is 6.00. The minimum atomic E-state index is 0.772. The Kier molecular flexibility index (Phi) is 5.99. The molecule has 4 aromatic rings. The molecule has 2 aromatic carbocycles. The van der Waals surface area contributed by atoms with Crippen molar-refractivity contribution in [2.75, 3.05) is 26.2 Å². The van der Waals surface area contributed by atoms with Crippen LogP contribution in [0.3, 0.4) is 0 Å². The predicted molar refractivity (Wildman–Crippen MR) is 126 cm³/mol. The van der Waals surface area contributed by atoms with E-state index >= 15 is 0 Å². The van der Waals surface area contributed by atoms with Crippen molar-refractivity contribution in [1.29, 1.82) is 0 Å². The molecule has 4 heteroatoms. The van der Waals surface area contributed by atoms with E-state index in [1.54, 1.807) is 0 Å². The van der Waals surface area contributed by atoms with Crippen LogP contribution >= 0.6 is 0 Å². The molecule has 0 saturated carbocycles. The first-order chi connectivity index (χ1) is 15.4. The van der Waals surface area contributed by atoms with Crippen molar-refractivity contribution in [3.05, 3.63) is 79.1 Å². The van der Waals surface area contributed by atoms with Gasteiger partial charge in [0.15, 0.2) is 0 Å². The van der Waals surface area contributed by atoms with Gasteiger partial charge in [0, 0.05) is 24.5 Å². The van der Waals surface area contributed by atoms with Gasteiger partial charge in [-0.2, -0.15) is 0 Å². The number of hydrogen-bond acceptors (Lipinski definition) is 3. The van der Waals surface area contributed by atoms with Crippen LogP contribution in [0.25, 0.3) is 28.0 Å². The maximum atomic E-state index is 6.00. The monoisotopic (exact) mass is 411 g/mol. The van der Waals surface area contributed by atoms with Gasteiger partial charge in [-0.1, -0.05) is 48.9 Å². The fourth-order valence-corrected chi connectivity index (χ4v) is 4.41. The summed E-state index contributed by atoms with van der Waals surface area (Å²) in [4.78, 5) is 7.37. The number of piperidine rings is 1. The smallest absolute Gasteiger partial charge is 0.137 e. The molecule has 158 valence electrons. The van der Waals surface area contributed by atoms with Crippen molar-refractivity contribution in [3.63, 3.8) is 0 Å². The molecule has 1 fully saturated rings. The zero-order chi connectivity index (χ0) is 20.9. The van der Waals surface area contributed by atoms with E-state index in [2.05, 4.69) is 64.0 Å². The van der Waals surface area contributed by atoms with Crippen molar-refractivity contribution in [2.24, 2.45) is 0 Å². The van der Waals surface area contributed by atoms with E-state index in [0.717, 1.165) is 42.2 Å². The lowest BCUT2D eigenvalue weighted by Crippen LogP contribution is -2.31. The summed E-state index contributed by atoms with van der Waals surface area (Å²) in [6, 6.07) is 23.0. The minimum absolute atomic E-state index is 0.772. The Morgan fingerprint density at radius 2 is 1.58 bits per heavy atom. The summed E-state index contributed by atoms with van der Waals surface area (Å²) in [6.45, 7) is 4.42. The van der Waals surface area contributed by atoms with Crippen LogP contribution in [0.4, 0.5) is 0 Å². The normalized spacial score (nSPS) is 14.7. The Labute approximate surface area is 184 Å². The quantitative estimate of drug-likeness (QED) is 0.353. The van der Waals surface area contributed by atoms with E-state index in [9.17, 15) is 0 Å². The van der Waals surface area contributed by atoms with Crippen molar-refractivity contribution < 1.29 is 4.74 Å². The SMILES string of the molecule is c1ccc(-c2cn3ccccc3n2)c(-c2ccc(OCCCN3CCCCC3)cc2)c1. The molecule has 1 saturated heterocycles. The molecule has 0 bridgehead atoms. The topological polar surface area (TPSA) is 29.8 Å². The average molecular weight is 412 g/mol. The van der Waals surface area contributed by atoms with Crippen molar-refractivity contribution in [1.82, 2.24) is 14.3 Å². The van der Waals surface area contributed by atoms with E-state index in [0.29, 0.717) is 0 Å². The van der Waals surface area contributed by atoms with Crippen LogP contribution in [0.1, 0.15) is 25.7 Å². The van der Waals surface area contributed by atoms with Crippen LogP contribution < -0.4 is 4.74 Å². The molecule has 0 unspecified atom stereocenters. The van der Waals surface area contributed by atoms with Gasteiger partial charge in [0.2, 0.25) is 0 Å². The van der Waals surface area contributed by atoms with Crippen LogP contribution in [0, 0.1) is 0 Å². The van der Waals surface area contributed by atoms with Gasteiger partial charge in [-0.3, -0.25) is 0 Å². The molecule has 5 rings (SSSR count). The van der Waals surface area contributed by atoms with E-state index in [4.69, 9.17) is 9.72 Å². The summed E-state index contributed by atoms with van der Waals surface area (Å²) in [7, 11) is 0. The number of hydrogen-bond donors (Lipinski definition) is 0. The lowest BCUT2D eigenvalue weighted by Gasteiger charge is -2.26. The molecule has 1 aliphatic heterocycles. The van der Waals surface area contributed by atoms with Crippen molar-refractivity contribution >= 4 is 5.65 Å². The zero-order valence-corrected chi connectivity index (χ0v) is 17.9. The number of nitrogens with zero attached hydrogens (tertiary/aromatic N) is 3. The van der Waals surface area contributed by atoms with E-state index in [1.165, 1.54) is 43.5 Å². The number of fused-ring (bicyclic) bond motifs is 1. The molecule has 3 heterocycles. The van der Waals surface area contributed by atoms with Gasteiger partial charge in [0.25, 0.3) is 0 Å². The Morgan fingerprint density at radius 3 is 2.39 bits per heavy atom. The number of aromatic nitrogens is 2. The summed E-state index contributed by atoms with van der Waals surface area (Å²) in [6.07, 6.45) is 9.29. The van der Waals surface area contributed by atoms with Gasteiger partial charge in [-0.25, -0.2) is 4.98 Å². The summed E-state index contributed by atoms with van der Waals surface area (Å²) in [5.74, 6) is 0.938. The van der Waals surface area contributed by atoms with Crippen LogP contribution in [-0.2, 0) is 0 Å². The number of imidazole rings is 1. The van der Waals surface area contributed by atoms with Crippen molar-refractivity contribution in [3.8, 4) is 28.1 Å². The Bertz CT molecular complexity index is 1090.